The maximum absolute atomic E-state index is 13.3. The Labute approximate surface area is 165 Å². The van der Waals surface area contributed by atoms with Crippen LogP contribution < -0.4 is 5.32 Å². The number of nitrogens with one attached hydrogen (secondary N) is 1. The second kappa shape index (κ2) is 9.29. The number of unbranched alkanes of at least 4 members (excludes halogenated alkanes) is 1. The summed E-state index contributed by atoms with van der Waals surface area (Å²) < 4.78 is 32.3. The lowest BCUT2D eigenvalue weighted by Gasteiger charge is -2.46. The van der Waals surface area contributed by atoms with E-state index in [0.717, 1.165) is 19.1 Å². The van der Waals surface area contributed by atoms with E-state index in [-0.39, 0.29) is 11.4 Å². The van der Waals surface area contributed by atoms with Crippen molar-refractivity contribution in [1.82, 2.24) is 9.62 Å². The number of rotatable bonds is 7. The number of methoxy groups -OCH3 is 1. The van der Waals surface area contributed by atoms with E-state index in [1.807, 2.05) is 6.92 Å². The fourth-order valence-corrected chi connectivity index (χ4v) is 4.87. The number of aliphatic hydroxyl groups is 3. The van der Waals surface area contributed by atoms with Crippen LogP contribution in [0, 0.1) is 6.92 Å². The van der Waals surface area contributed by atoms with Crippen molar-refractivity contribution in [2.75, 3.05) is 13.7 Å². The third-order valence-corrected chi connectivity index (χ3v) is 6.63. The maximum Gasteiger partial charge on any atom is 0.246 e. The molecule has 0 radical (unpaired) electrons. The van der Waals surface area contributed by atoms with Gasteiger partial charge in [0.1, 0.15) is 24.4 Å². The number of hydrogen-bond donors (Lipinski definition) is 4. The Morgan fingerprint density at radius 1 is 1.14 bits per heavy atom. The number of aryl methyl sites for hydroxylation is 1. The van der Waals surface area contributed by atoms with E-state index >= 15 is 0 Å². The molecule has 1 aromatic rings. The number of hydrogen-bond acceptors (Lipinski definition) is 7. The van der Waals surface area contributed by atoms with Crippen LogP contribution in [0.3, 0.4) is 0 Å². The second-order valence-electron chi connectivity index (χ2n) is 6.84. The molecule has 5 atom stereocenters. The lowest BCUT2D eigenvalue weighted by Crippen LogP contribution is -2.71. The Balaban J connectivity index is 2.51. The SMILES string of the molecule is CCCCNC(=O)[C@H]1[C@@H](O)[C@H](O)[C@@H](O)[C@@H](OC)N1S(=O)(=O)c1ccc(C)cc1. The monoisotopic (exact) mass is 416 g/mol. The van der Waals surface area contributed by atoms with Gasteiger partial charge in [0, 0.05) is 13.7 Å². The number of aliphatic hydroxyl groups excluding tert-OH is 3. The van der Waals surface area contributed by atoms with E-state index in [0.29, 0.717) is 10.7 Å². The Bertz CT molecular complexity index is 769. The van der Waals surface area contributed by atoms with Crippen molar-refractivity contribution >= 4 is 15.9 Å². The van der Waals surface area contributed by atoms with Gasteiger partial charge in [-0.1, -0.05) is 31.0 Å². The Morgan fingerprint density at radius 3 is 2.29 bits per heavy atom. The fourth-order valence-electron chi connectivity index (χ4n) is 3.14. The molecule has 10 heteroatoms. The van der Waals surface area contributed by atoms with E-state index in [9.17, 15) is 28.5 Å². The van der Waals surface area contributed by atoms with Gasteiger partial charge < -0.3 is 25.4 Å². The summed E-state index contributed by atoms with van der Waals surface area (Å²) in [4.78, 5) is 12.6. The molecule has 1 aliphatic rings. The standard InChI is InChI=1S/C18H28N2O7S/c1-4-5-10-19-17(24)13-14(21)15(22)16(23)18(27-3)20(13)28(25,26)12-8-6-11(2)7-9-12/h6-9,13-16,18,21-23H,4-5,10H2,1-3H3,(H,19,24)/t13-,14-,15+,16-,18-/m1/s1. The first kappa shape index (κ1) is 22.7. The van der Waals surface area contributed by atoms with E-state index in [1.54, 1.807) is 19.1 Å². The molecule has 0 unspecified atom stereocenters. The summed E-state index contributed by atoms with van der Waals surface area (Å²) in [5, 5.41) is 33.4. The Kier molecular flexibility index (Phi) is 7.54. The molecule has 9 nitrogen and oxygen atoms in total. The lowest BCUT2D eigenvalue weighted by atomic mass is 9.94. The first-order chi connectivity index (χ1) is 13.2. The molecular formula is C18H28N2O7S. The number of piperidine rings is 1. The molecule has 4 N–H and O–H groups in total. The number of amides is 1. The largest absolute Gasteiger partial charge is 0.388 e. The highest BCUT2D eigenvalue weighted by Crippen LogP contribution is 2.31. The Morgan fingerprint density at radius 2 is 1.75 bits per heavy atom. The third kappa shape index (κ3) is 4.37. The van der Waals surface area contributed by atoms with Gasteiger partial charge in [0.15, 0.2) is 6.23 Å². The molecule has 0 saturated carbocycles. The highest BCUT2D eigenvalue weighted by molar-refractivity contribution is 7.89. The van der Waals surface area contributed by atoms with Crippen molar-refractivity contribution in [2.24, 2.45) is 0 Å². The molecule has 1 saturated heterocycles. The van der Waals surface area contributed by atoms with E-state index in [2.05, 4.69) is 5.32 Å². The quantitative estimate of drug-likeness (QED) is 0.433. The average Bonchev–Trinajstić information content (AvgIpc) is 2.66. The minimum atomic E-state index is -4.34. The van der Waals surface area contributed by atoms with Crippen LogP contribution in [0.5, 0.6) is 0 Å². The van der Waals surface area contributed by atoms with Crippen molar-refractivity contribution in [3.05, 3.63) is 29.8 Å². The van der Waals surface area contributed by atoms with Gasteiger partial charge in [-0.3, -0.25) is 4.79 Å². The van der Waals surface area contributed by atoms with Gasteiger partial charge in [0.2, 0.25) is 15.9 Å². The maximum atomic E-state index is 13.3. The fraction of sp³-hybridized carbons (Fsp3) is 0.611. The zero-order chi connectivity index (χ0) is 21.1. The van der Waals surface area contributed by atoms with Gasteiger partial charge in [-0.25, -0.2) is 8.42 Å². The van der Waals surface area contributed by atoms with Crippen LogP contribution in [0.25, 0.3) is 0 Å². The van der Waals surface area contributed by atoms with Crippen LogP contribution in [0.2, 0.25) is 0 Å². The third-order valence-electron chi connectivity index (χ3n) is 4.78. The summed E-state index contributed by atoms with van der Waals surface area (Å²) in [6.07, 6.45) is -5.40. The molecule has 28 heavy (non-hydrogen) atoms. The van der Waals surface area contributed by atoms with Gasteiger partial charge in [-0.2, -0.15) is 4.31 Å². The summed E-state index contributed by atoms with van der Waals surface area (Å²) in [6.45, 7) is 4.01. The zero-order valence-corrected chi connectivity index (χ0v) is 17.0. The van der Waals surface area contributed by atoms with Crippen molar-refractivity contribution in [3.8, 4) is 0 Å². The zero-order valence-electron chi connectivity index (χ0n) is 16.1. The summed E-state index contributed by atoms with van der Waals surface area (Å²) in [7, 11) is -3.18. The van der Waals surface area contributed by atoms with E-state index < -0.39 is 46.5 Å². The van der Waals surface area contributed by atoms with Crippen molar-refractivity contribution < 1.29 is 33.3 Å². The van der Waals surface area contributed by atoms with E-state index in [1.165, 1.54) is 12.1 Å². The molecule has 0 aromatic heterocycles. The molecule has 1 aliphatic heterocycles. The average molecular weight is 416 g/mol. The topological polar surface area (TPSA) is 136 Å². The van der Waals surface area contributed by atoms with Crippen LogP contribution in [-0.4, -0.2) is 78.2 Å². The van der Waals surface area contributed by atoms with Crippen molar-refractivity contribution in [1.29, 1.82) is 0 Å². The molecule has 2 rings (SSSR count). The number of carbonyl (C=O) groups excluding carboxylic acids is 1. The van der Waals surface area contributed by atoms with Gasteiger partial charge in [0.05, 0.1) is 4.90 Å². The first-order valence-corrected chi connectivity index (χ1v) is 10.6. The number of benzene rings is 1. The summed E-state index contributed by atoms with van der Waals surface area (Å²) in [6, 6.07) is 4.26. The summed E-state index contributed by atoms with van der Waals surface area (Å²) in [5.74, 6) is -0.773. The predicted molar refractivity (Wildman–Crippen MR) is 101 cm³/mol. The molecule has 0 aliphatic carbocycles. The number of sulfonamides is 1. The highest BCUT2D eigenvalue weighted by Gasteiger charge is 2.55. The van der Waals surface area contributed by atoms with Crippen LogP contribution in [0.4, 0.5) is 0 Å². The number of nitrogens with zero attached hydrogens (tertiary/aromatic N) is 1. The first-order valence-electron chi connectivity index (χ1n) is 9.11. The van der Waals surface area contributed by atoms with Crippen LogP contribution in [0.15, 0.2) is 29.2 Å². The van der Waals surface area contributed by atoms with Crippen molar-refractivity contribution in [2.45, 2.75) is 62.2 Å². The van der Waals surface area contributed by atoms with Gasteiger partial charge >= 0.3 is 0 Å². The molecule has 0 spiro atoms. The molecule has 0 bridgehead atoms. The molecule has 1 heterocycles. The summed E-state index contributed by atoms with van der Waals surface area (Å²) >= 11 is 0. The van der Waals surface area contributed by atoms with Crippen LogP contribution >= 0.6 is 0 Å². The molecular weight excluding hydrogens is 388 g/mol. The second-order valence-corrected chi connectivity index (χ2v) is 8.68. The van der Waals surface area contributed by atoms with Gasteiger partial charge in [-0.15, -0.1) is 0 Å². The normalized spacial score (nSPS) is 28.9. The number of carbonyl (C=O) groups is 1. The van der Waals surface area contributed by atoms with E-state index in [4.69, 9.17) is 4.74 Å². The minimum absolute atomic E-state index is 0.123. The smallest absolute Gasteiger partial charge is 0.246 e. The molecule has 1 aromatic carbocycles. The van der Waals surface area contributed by atoms with Crippen LogP contribution in [-0.2, 0) is 19.6 Å². The van der Waals surface area contributed by atoms with Crippen molar-refractivity contribution in [3.63, 3.8) is 0 Å². The predicted octanol–water partition coefficient (Wildman–Crippen LogP) is -0.661. The molecule has 1 amide bonds. The van der Waals surface area contributed by atoms with Gasteiger partial charge in [-0.05, 0) is 25.5 Å². The van der Waals surface area contributed by atoms with Crippen LogP contribution in [0.1, 0.15) is 25.3 Å². The molecule has 1 fully saturated rings. The lowest BCUT2D eigenvalue weighted by molar-refractivity contribution is -0.202. The highest BCUT2D eigenvalue weighted by atomic mass is 32.2. The number of ether oxygens (including phenoxy) is 1. The summed E-state index contributed by atoms with van der Waals surface area (Å²) in [5.41, 5.74) is 0.838. The Hall–Kier alpha value is -1.56. The van der Waals surface area contributed by atoms with Gasteiger partial charge in [0.25, 0.3) is 0 Å². The minimum Gasteiger partial charge on any atom is -0.388 e. The molecule has 158 valence electrons.